The molecule has 6 heteroatoms. The van der Waals surface area contributed by atoms with Gasteiger partial charge in [-0.25, -0.2) is 4.79 Å². The number of anilines is 2. The smallest absolute Gasteiger partial charge is 0.338 e. The minimum Gasteiger partial charge on any atom is -0.452 e. The highest BCUT2D eigenvalue weighted by Crippen LogP contribution is 2.22. The van der Waals surface area contributed by atoms with Crippen LogP contribution in [-0.4, -0.2) is 39.6 Å². The van der Waals surface area contributed by atoms with Crippen molar-refractivity contribution < 1.29 is 14.3 Å². The van der Waals surface area contributed by atoms with Gasteiger partial charge < -0.3 is 20.7 Å². The molecule has 0 unspecified atom stereocenters. The number of rotatable bonds is 4. The lowest BCUT2D eigenvalue weighted by Crippen LogP contribution is -2.25. The van der Waals surface area contributed by atoms with Gasteiger partial charge in [0.05, 0.1) is 16.9 Å². The Hall–Kier alpha value is -2.24. The predicted octanol–water partition coefficient (Wildman–Crippen LogP) is 0.238. The van der Waals surface area contributed by atoms with Crippen molar-refractivity contribution in [1.82, 2.24) is 5.32 Å². The van der Waals surface area contributed by atoms with Crippen molar-refractivity contribution in [2.45, 2.75) is 0 Å². The number of nitrogen functional groups attached to an aromatic ring is 1. The maximum absolute atomic E-state index is 11.6. The number of likely N-dealkylation sites (N-methyl/N-ethyl adjacent to an activating group) is 1. The second-order valence-corrected chi connectivity index (χ2v) is 3.92. The normalized spacial score (nSPS) is 9.72. The van der Waals surface area contributed by atoms with Crippen LogP contribution in [0.2, 0.25) is 0 Å². The van der Waals surface area contributed by atoms with Crippen LogP contribution in [0.1, 0.15) is 10.4 Å². The van der Waals surface area contributed by atoms with E-state index >= 15 is 0 Å². The molecule has 3 N–H and O–H groups in total. The van der Waals surface area contributed by atoms with Crippen molar-refractivity contribution in [1.29, 1.82) is 0 Å². The molecule has 0 heterocycles. The van der Waals surface area contributed by atoms with Gasteiger partial charge in [-0.3, -0.25) is 4.79 Å². The van der Waals surface area contributed by atoms with Gasteiger partial charge in [-0.2, -0.15) is 0 Å². The zero-order chi connectivity index (χ0) is 13.7. The molecular formula is C12H17N3O3. The van der Waals surface area contributed by atoms with Gasteiger partial charge in [-0.1, -0.05) is 0 Å². The van der Waals surface area contributed by atoms with E-state index in [1.165, 1.54) is 13.1 Å². The maximum Gasteiger partial charge on any atom is 0.338 e. The van der Waals surface area contributed by atoms with E-state index in [0.29, 0.717) is 11.3 Å². The molecule has 0 aliphatic carbocycles. The number of hydrogen-bond donors (Lipinski definition) is 2. The van der Waals surface area contributed by atoms with Crippen molar-refractivity contribution in [3.8, 4) is 0 Å². The fourth-order valence-corrected chi connectivity index (χ4v) is 1.38. The highest BCUT2D eigenvalue weighted by atomic mass is 16.5. The fourth-order valence-electron chi connectivity index (χ4n) is 1.38. The molecule has 0 saturated carbocycles. The first-order valence-corrected chi connectivity index (χ1v) is 5.40. The highest BCUT2D eigenvalue weighted by Gasteiger charge is 2.11. The number of hydrogen-bond acceptors (Lipinski definition) is 5. The molecule has 1 aromatic rings. The zero-order valence-corrected chi connectivity index (χ0v) is 10.7. The van der Waals surface area contributed by atoms with E-state index in [4.69, 9.17) is 10.5 Å². The number of benzene rings is 1. The molecule has 6 nitrogen and oxygen atoms in total. The Balaban J connectivity index is 2.75. The molecule has 1 aromatic carbocycles. The molecule has 0 aliphatic rings. The second-order valence-electron chi connectivity index (χ2n) is 3.92. The van der Waals surface area contributed by atoms with Gasteiger partial charge in [0.1, 0.15) is 0 Å². The highest BCUT2D eigenvalue weighted by molar-refractivity contribution is 5.93. The van der Waals surface area contributed by atoms with E-state index in [0.717, 1.165) is 5.69 Å². The quantitative estimate of drug-likeness (QED) is 0.591. The summed E-state index contributed by atoms with van der Waals surface area (Å²) in [5, 5.41) is 2.36. The molecule has 1 amide bonds. The van der Waals surface area contributed by atoms with Crippen molar-refractivity contribution in [3.05, 3.63) is 23.8 Å². The summed E-state index contributed by atoms with van der Waals surface area (Å²) in [5.41, 5.74) is 7.43. The van der Waals surface area contributed by atoms with Gasteiger partial charge in [0, 0.05) is 21.1 Å². The molecule has 0 aliphatic heterocycles. The summed E-state index contributed by atoms with van der Waals surface area (Å²) in [6.07, 6.45) is 0. The summed E-state index contributed by atoms with van der Waals surface area (Å²) in [6.45, 7) is -0.301. The van der Waals surface area contributed by atoms with Crippen molar-refractivity contribution in [2.75, 3.05) is 38.4 Å². The fraction of sp³-hybridized carbons (Fsp3) is 0.333. The molecule has 0 radical (unpaired) electrons. The lowest BCUT2D eigenvalue weighted by molar-refractivity contribution is -0.123. The first-order valence-electron chi connectivity index (χ1n) is 5.40. The van der Waals surface area contributed by atoms with E-state index in [1.54, 1.807) is 12.1 Å². The van der Waals surface area contributed by atoms with Gasteiger partial charge >= 0.3 is 5.97 Å². The molecule has 1 rings (SSSR count). The SMILES string of the molecule is CNC(=O)COC(=O)c1ccc(N(C)C)c(N)c1. The molecule has 98 valence electrons. The Morgan fingerprint density at radius 2 is 2.06 bits per heavy atom. The lowest BCUT2D eigenvalue weighted by atomic mass is 10.1. The average molecular weight is 251 g/mol. The van der Waals surface area contributed by atoms with Gasteiger partial charge in [0.15, 0.2) is 6.61 Å². The van der Waals surface area contributed by atoms with Crippen LogP contribution in [0.25, 0.3) is 0 Å². The van der Waals surface area contributed by atoms with Crippen molar-refractivity contribution in [3.63, 3.8) is 0 Å². The summed E-state index contributed by atoms with van der Waals surface area (Å²) in [6, 6.07) is 4.87. The van der Waals surface area contributed by atoms with Crippen LogP contribution in [0.5, 0.6) is 0 Å². The Labute approximate surface area is 106 Å². The summed E-state index contributed by atoms with van der Waals surface area (Å²) in [5.74, 6) is -0.933. The number of carbonyl (C=O) groups is 2. The van der Waals surface area contributed by atoms with E-state index in [2.05, 4.69) is 5.32 Å². The Bertz CT molecular complexity index is 458. The number of nitrogens with two attached hydrogens (primary N) is 1. The van der Waals surface area contributed by atoms with Crippen LogP contribution >= 0.6 is 0 Å². The van der Waals surface area contributed by atoms with Gasteiger partial charge in [-0.15, -0.1) is 0 Å². The van der Waals surface area contributed by atoms with E-state index in [1.807, 2.05) is 19.0 Å². The molecular weight excluding hydrogens is 234 g/mol. The molecule has 0 atom stereocenters. The minimum atomic E-state index is -0.574. The molecule has 18 heavy (non-hydrogen) atoms. The van der Waals surface area contributed by atoms with Gasteiger partial charge in [0.2, 0.25) is 0 Å². The van der Waals surface area contributed by atoms with Crippen LogP contribution in [-0.2, 0) is 9.53 Å². The Kier molecular flexibility index (Phi) is 4.53. The van der Waals surface area contributed by atoms with E-state index in [-0.39, 0.29) is 12.5 Å². The standard InChI is InChI=1S/C12H17N3O3/c1-14-11(16)7-18-12(17)8-4-5-10(15(2)3)9(13)6-8/h4-6H,7,13H2,1-3H3,(H,14,16). The molecule has 0 spiro atoms. The summed E-state index contributed by atoms with van der Waals surface area (Å²) in [4.78, 5) is 24.4. The number of esters is 1. The molecule has 0 aromatic heterocycles. The van der Waals surface area contributed by atoms with Crippen LogP contribution in [0, 0.1) is 0 Å². The van der Waals surface area contributed by atoms with Crippen molar-refractivity contribution >= 4 is 23.3 Å². The van der Waals surface area contributed by atoms with Crippen LogP contribution in [0.4, 0.5) is 11.4 Å². The number of carbonyl (C=O) groups excluding carboxylic acids is 2. The monoisotopic (exact) mass is 251 g/mol. The summed E-state index contributed by atoms with van der Waals surface area (Å²) < 4.78 is 4.82. The maximum atomic E-state index is 11.6. The third kappa shape index (κ3) is 3.38. The van der Waals surface area contributed by atoms with Gasteiger partial charge in [-0.05, 0) is 18.2 Å². The summed E-state index contributed by atoms with van der Waals surface area (Å²) >= 11 is 0. The number of ether oxygens (including phenoxy) is 1. The van der Waals surface area contributed by atoms with E-state index < -0.39 is 5.97 Å². The number of amides is 1. The topological polar surface area (TPSA) is 84.7 Å². The first kappa shape index (κ1) is 13.8. The van der Waals surface area contributed by atoms with Crippen LogP contribution in [0.15, 0.2) is 18.2 Å². The van der Waals surface area contributed by atoms with E-state index in [9.17, 15) is 9.59 Å². The van der Waals surface area contributed by atoms with Crippen LogP contribution < -0.4 is 16.0 Å². The van der Waals surface area contributed by atoms with Crippen molar-refractivity contribution in [2.24, 2.45) is 0 Å². The average Bonchev–Trinajstić information content (AvgIpc) is 2.34. The largest absolute Gasteiger partial charge is 0.452 e. The predicted molar refractivity (Wildman–Crippen MR) is 69.5 cm³/mol. The molecule has 0 fully saturated rings. The van der Waals surface area contributed by atoms with Gasteiger partial charge in [0.25, 0.3) is 5.91 Å². The summed E-state index contributed by atoms with van der Waals surface area (Å²) in [7, 11) is 5.19. The number of nitrogens with one attached hydrogen (secondary N) is 1. The second kappa shape index (κ2) is 5.90. The molecule has 0 bridgehead atoms. The lowest BCUT2D eigenvalue weighted by Gasteiger charge is -2.15. The zero-order valence-electron chi connectivity index (χ0n) is 10.7. The number of nitrogens with zero attached hydrogens (tertiary/aromatic N) is 1. The Morgan fingerprint density at radius 3 is 2.56 bits per heavy atom. The minimum absolute atomic E-state index is 0.301. The van der Waals surface area contributed by atoms with Crippen LogP contribution in [0.3, 0.4) is 0 Å². The first-order chi connectivity index (χ1) is 8.45. The third-order valence-electron chi connectivity index (χ3n) is 2.36. The third-order valence-corrected chi connectivity index (χ3v) is 2.36. The molecule has 0 saturated heterocycles. The Morgan fingerprint density at radius 1 is 1.39 bits per heavy atom.